The second-order valence-electron chi connectivity index (χ2n) is 6.04. The summed E-state index contributed by atoms with van der Waals surface area (Å²) in [6, 6.07) is 16.3. The van der Waals surface area contributed by atoms with Gasteiger partial charge in [-0.25, -0.2) is 5.48 Å². The van der Waals surface area contributed by atoms with Gasteiger partial charge in [0, 0.05) is 0 Å². The second-order valence-corrected chi connectivity index (χ2v) is 6.04. The first-order valence-electron chi connectivity index (χ1n) is 8.00. The highest BCUT2D eigenvalue weighted by atomic mass is 16.7. The van der Waals surface area contributed by atoms with Gasteiger partial charge in [0.1, 0.15) is 31.3 Å². The average molecular weight is 345 g/mol. The van der Waals surface area contributed by atoms with Crippen molar-refractivity contribution in [3.05, 3.63) is 60.2 Å². The molecule has 6 nitrogen and oxygen atoms in total. The number of ether oxygens (including phenoxy) is 2. The molecule has 0 bridgehead atoms. The number of aliphatic hydroxyl groups is 1. The Labute approximate surface area is 147 Å². The lowest BCUT2D eigenvalue weighted by Gasteiger charge is -2.17. The third-order valence-corrected chi connectivity index (χ3v) is 3.07. The highest BCUT2D eigenvalue weighted by Crippen LogP contribution is 2.18. The van der Waals surface area contributed by atoms with Gasteiger partial charge in [0.05, 0.1) is 11.2 Å². The molecule has 0 aliphatic heterocycles. The van der Waals surface area contributed by atoms with Crippen molar-refractivity contribution in [1.29, 1.82) is 0 Å². The van der Waals surface area contributed by atoms with E-state index in [0.29, 0.717) is 24.5 Å². The van der Waals surface area contributed by atoms with Crippen molar-refractivity contribution in [3.63, 3.8) is 0 Å². The van der Waals surface area contributed by atoms with Crippen LogP contribution >= 0.6 is 0 Å². The van der Waals surface area contributed by atoms with Crippen molar-refractivity contribution in [2.75, 3.05) is 19.8 Å². The van der Waals surface area contributed by atoms with Gasteiger partial charge in [-0.2, -0.15) is 0 Å². The van der Waals surface area contributed by atoms with E-state index in [1.54, 1.807) is 38.1 Å². The molecule has 0 atom stereocenters. The molecule has 0 fully saturated rings. The Kier molecular flexibility index (Phi) is 6.80. The topological polar surface area (TPSA) is 77.0 Å². The Hall–Kier alpha value is -2.57. The highest BCUT2D eigenvalue weighted by molar-refractivity contribution is 5.96. The Morgan fingerprint density at radius 1 is 1.00 bits per heavy atom. The summed E-state index contributed by atoms with van der Waals surface area (Å²) in [4.78, 5) is 17.2. The minimum absolute atomic E-state index is 0.0212. The summed E-state index contributed by atoms with van der Waals surface area (Å²) in [5.74, 6) is 0.754. The smallest absolute Gasteiger partial charge is 0.278 e. The zero-order chi connectivity index (χ0) is 18.1. The van der Waals surface area contributed by atoms with Gasteiger partial charge in [0.15, 0.2) is 0 Å². The van der Waals surface area contributed by atoms with Gasteiger partial charge in [0.2, 0.25) is 0 Å². The Morgan fingerprint density at radius 3 is 2.36 bits per heavy atom. The largest absolute Gasteiger partial charge is 0.490 e. The lowest BCUT2D eigenvalue weighted by molar-refractivity contribution is -0.0523. The van der Waals surface area contributed by atoms with Crippen LogP contribution in [0, 0.1) is 0 Å². The van der Waals surface area contributed by atoms with Crippen molar-refractivity contribution in [1.82, 2.24) is 5.48 Å². The number of hydroxylamine groups is 1. The van der Waals surface area contributed by atoms with E-state index in [1.807, 2.05) is 30.3 Å². The summed E-state index contributed by atoms with van der Waals surface area (Å²) >= 11 is 0. The van der Waals surface area contributed by atoms with Crippen molar-refractivity contribution >= 4 is 5.91 Å². The molecule has 1 amide bonds. The van der Waals surface area contributed by atoms with Crippen LogP contribution in [-0.2, 0) is 4.84 Å². The van der Waals surface area contributed by atoms with Crippen LogP contribution in [0.1, 0.15) is 24.2 Å². The van der Waals surface area contributed by atoms with Crippen LogP contribution in [-0.4, -0.2) is 36.4 Å². The van der Waals surface area contributed by atoms with Gasteiger partial charge >= 0.3 is 0 Å². The molecular weight excluding hydrogens is 322 g/mol. The van der Waals surface area contributed by atoms with Gasteiger partial charge in [0.25, 0.3) is 5.91 Å². The van der Waals surface area contributed by atoms with Gasteiger partial charge in [-0.15, -0.1) is 0 Å². The zero-order valence-electron chi connectivity index (χ0n) is 14.4. The van der Waals surface area contributed by atoms with Crippen LogP contribution in [0.2, 0.25) is 0 Å². The number of hydrogen-bond donors (Lipinski definition) is 2. The van der Waals surface area contributed by atoms with E-state index in [9.17, 15) is 9.90 Å². The third kappa shape index (κ3) is 6.82. The molecule has 25 heavy (non-hydrogen) atoms. The molecule has 0 aromatic heterocycles. The maximum atomic E-state index is 12.2. The first-order chi connectivity index (χ1) is 12.0. The molecule has 0 unspecified atom stereocenters. The SMILES string of the molecule is CC(C)(O)CONC(=O)c1ccccc1OCCOc1ccccc1. The van der Waals surface area contributed by atoms with Crippen molar-refractivity contribution in [2.24, 2.45) is 0 Å². The predicted octanol–water partition coefficient (Wildman–Crippen LogP) is 2.58. The zero-order valence-corrected chi connectivity index (χ0v) is 14.4. The standard InChI is InChI=1S/C19H23NO5/c1-19(2,22)14-25-20-18(21)16-10-6-7-11-17(16)24-13-12-23-15-8-4-3-5-9-15/h3-11,22H,12-14H2,1-2H3,(H,20,21). The van der Waals surface area contributed by atoms with Gasteiger partial charge in [-0.1, -0.05) is 30.3 Å². The van der Waals surface area contributed by atoms with Crippen LogP contribution in [0.5, 0.6) is 11.5 Å². The maximum Gasteiger partial charge on any atom is 0.278 e. The summed E-state index contributed by atoms with van der Waals surface area (Å²) in [7, 11) is 0. The predicted molar refractivity (Wildman–Crippen MR) is 93.6 cm³/mol. The van der Waals surface area contributed by atoms with Crippen LogP contribution in [0.4, 0.5) is 0 Å². The molecule has 0 saturated heterocycles. The monoisotopic (exact) mass is 345 g/mol. The Bertz CT molecular complexity index is 667. The molecule has 2 rings (SSSR count). The first kappa shape index (κ1) is 18.8. The average Bonchev–Trinajstić information content (AvgIpc) is 2.59. The van der Waals surface area contributed by atoms with E-state index >= 15 is 0 Å². The Balaban J connectivity index is 1.83. The quantitative estimate of drug-likeness (QED) is 0.540. The van der Waals surface area contributed by atoms with E-state index in [4.69, 9.17) is 14.3 Å². The van der Waals surface area contributed by atoms with Crippen LogP contribution in [0.3, 0.4) is 0 Å². The molecule has 0 spiro atoms. The van der Waals surface area contributed by atoms with Gasteiger partial charge in [-0.05, 0) is 38.1 Å². The van der Waals surface area contributed by atoms with Crippen molar-refractivity contribution in [3.8, 4) is 11.5 Å². The lowest BCUT2D eigenvalue weighted by Crippen LogP contribution is -2.33. The molecule has 2 aromatic carbocycles. The summed E-state index contributed by atoms with van der Waals surface area (Å²) in [6.45, 7) is 3.80. The number of carbonyl (C=O) groups excluding carboxylic acids is 1. The fourth-order valence-electron chi connectivity index (χ4n) is 1.94. The number of hydrogen-bond acceptors (Lipinski definition) is 5. The van der Waals surface area contributed by atoms with Crippen LogP contribution in [0.15, 0.2) is 54.6 Å². The summed E-state index contributed by atoms with van der Waals surface area (Å²) < 4.78 is 11.2. The highest BCUT2D eigenvalue weighted by Gasteiger charge is 2.16. The fraction of sp³-hybridized carbons (Fsp3) is 0.316. The molecule has 0 saturated carbocycles. The fourth-order valence-corrected chi connectivity index (χ4v) is 1.94. The summed E-state index contributed by atoms with van der Waals surface area (Å²) in [6.07, 6.45) is 0. The van der Waals surface area contributed by atoms with E-state index < -0.39 is 11.5 Å². The summed E-state index contributed by atoms with van der Waals surface area (Å²) in [5, 5.41) is 9.58. The maximum absolute atomic E-state index is 12.2. The number of carbonyl (C=O) groups is 1. The molecule has 0 radical (unpaired) electrons. The minimum atomic E-state index is -1.03. The minimum Gasteiger partial charge on any atom is -0.490 e. The molecule has 2 aromatic rings. The van der Waals surface area contributed by atoms with E-state index in [-0.39, 0.29) is 6.61 Å². The van der Waals surface area contributed by atoms with Crippen molar-refractivity contribution in [2.45, 2.75) is 19.4 Å². The normalized spacial score (nSPS) is 11.0. The molecule has 0 aliphatic rings. The van der Waals surface area contributed by atoms with Gasteiger partial charge in [-0.3, -0.25) is 9.63 Å². The van der Waals surface area contributed by atoms with E-state index in [2.05, 4.69) is 5.48 Å². The molecule has 0 heterocycles. The van der Waals surface area contributed by atoms with Crippen LogP contribution < -0.4 is 15.0 Å². The number of amides is 1. The van der Waals surface area contributed by atoms with E-state index in [0.717, 1.165) is 5.75 Å². The molecular formula is C19H23NO5. The summed E-state index contributed by atoms with van der Waals surface area (Å²) in [5.41, 5.74) is 1.62. The second kappa shape index (κ2) is 9.05. The van der Waals surface area contributed by atoms with E-state index in [1.165, 1.54) is 0 Å². The number of benzene rings is 2. The van der Waals surface area contributed by atoms with Gasteiger partial charge < -0.3 is 14.6 Å². The van der Waals surface area contributed by atoms with Crippen molar-refractivity contribution < 1.29 is 24.2 Å². The molecule has 134 valence electrons. The third-order valence-electron chi connectivity index (χ3n) is 3.07. The number of nitrogens with one attached hydrogen (secondary N) is 1. The number of para-hydroxylation sites is 2. The lowest BCUT2D eigenvalue weighted by atomic mass is 10.2. The first-order valence-corrected chi connectivity index (χ1v) is 8.00. The molecule has 6 heteroatoms. The van der Waals surface area contributed by atoms with Crippen LogP contribution in [0.25, 0.3) is 0 Å². The Morgan fingerprint density at radius 2 is 1.64 bits per heavy atom. The number of rotatable bonds is 9. The molecule has 0 aliphatic carbocycles. The molecule has 2 N–H and O–H groups in total.